The van der Waals surface area contributed by atoms with Crippen LogP contribution in [0.3, 0.4) is 0 Å². The molecule has 10 N–H and O–H groups in total. The van der Waals surface area contributed by atoms with Crippen LogP contribution in [0.25, 0.3) is 0 Å². The van der Waals surface area contributed by atoms with Gasteiger partial charge in [-0.05, 0) is 24.3 Å². The average Bonchev–Trinajstić information content (AvgIpc) is 2.85. The first-order valence-electron chi connectivity index (χ1n) is 11.5. The van der Waals surface area contributed by atoms with Crippen LogP contribution in [0.5, 0.6) is 0 Å². The van der Waals surface area contributed by atoms with Gasteiger partial charge in [0.1, 0.15) is 24.2 Å². The minimum absolute atomic E-state index is 0.272. The van der Waals surface area contributed by atoms with E-state index in [0.717, 1.165) is 0 Å². The highest BCUT2D eigenvalue weighted by atomic mass is 32.2. The number of carbonyl (C=O) groups excluding carboxylic acids is 5. The quantitative estimate of drug-likeness (QED) is 0.0758. The fourth-order valence-corrected chi connectivity index (χ4v) is 3.68. The predicted octanol–water partition coefficient (Wildman–Crippen LogP) is -3.07. The highest BCUT2D eigenvalue weighted by Gasteiger charge is 2.33. The number of carboxylic acid groups (broad SMARTS) is 1. The van der Waals surface area contributed by atoms with Crippen LogP contribution in [0, 0.1) is 5.92 Å². The molecule has 0 radical (unpaired) electrons. The van der Waals surface area contributed by atoms with Gasteiger partial charge < -0.3 is 42.9 Å². The lowest BCUT2D eigenvalue weighted by molar-refractivity contribution is -0.143. The molecule has 0 aliphatic carbocycles. The van der Waals surface area contributed by atoms with E-state index < -0.39 is 78.7 Å². The standard InChI is InChI=1S/C21H38N6O8S2/c1-4-10(2)16(27-17(30)11(22)5-6-37-3)20(33)25-13(8-28)18(31)26-14(9-36)19(32)24-12(21(34)35)7-15(23)29/h10-14,16,28,36H,4-9,22H2,1-3H3,(H2,23,29)(H,24,32)(H,25,33)(H,26,31)(H,27,30)(H,34,35)/t10-,11-,12-,13-,14-,16-/m0/s1. The number of thioether (sulfide) groups is 1. The second kappa shape index (κ2) is 17.8. The third-order valence-electron chi connectivity index (χ3n) is 5.41. The number of hydrogen-bond donors (Lipinski definition) is 9. The molecule has 6 atom stereocenters. The summed E-state index contributed by atoms with van der Waals surface area (Å²) in [6.07, 6.45) is 2.10. The number of carbonyl (C=O) groups is 6. The lowest BCUT2D eigenvalue weighted by Gasteiger charge is -2.27. The van der Waals surface area contributed by atoms with E-state index >= 15 is 0 Å². The maximum Gasteiger partial charge on any atom is 0.326 e. The summed E-state index contributed by atoms with van der Waals surface area (Å²) in [5.41, 5.74) is 10.9. The molecule has 212 valence electrons. The van der Waals surface area contributed by atoms with E-state index in [1.807, 2.05) is 6.26 Å². The Balaban J connectivity index is 5.38. The molecule has 0 aliphatic heterocycles. The summed E-state index contributed by atoms with van der Waals surface area (Å²) in [4.78, 5) is 72.8. The largest absolute Gasteiger partial charge is 0.480 e. The maximum atomic E-state index is 12.9. The van der Waals surface area contributed by atoms with E-state index in [9.17, 15) is 33.9 Å². The van der Waals surface area contributed by atoms with E-state index in [4.69, 9.17) is 16.6 Å². The molecule has 0 fully saturated rings. The highest BCUT2D eigenvalue weighted by Crippen LogP contribution is 2.10. The molecular formula is C21H38N6O8S2. The van der Waals surface area contributed by atoms with E-state index in [-0.39, 0.29) is 11.7 Å². The molecule has 0 heterocycles. The summed E-state index contributed by atoms with van der Waals surface area (Å²) in [5.74, 6) is -5.64. The van der Waals surface area contributed by atoms with Crippen LogP contribution in [0.4, 0.5) is 0 Å². The van der Waals surface area contributed by atoms with Gasteiger partial charge in [-0.25, -0.2) is 4.79 Å². The summed E-state index contributed by atoms with van der Waals surface area (Å²) in [6.45, 7) is 2.68. The van der Waals surface area contributed by atoms with Gasteiger partial charge in [-0.2, -0.15) is 24.4 Å². The van der Waals surface area contributed by atoms with Crippen molar-refractivity contribution >= 4 is 59.9 Å². The molecule has 0 bridgehead atoms. The Bertz CT molecular complexity index is 818. The van der Waals surface area contributed by atoms with Crippen LogP contribution in [0.2, 0.25) is 0 Å². The number of thiol groups is 1. The summed E-state index contributed by atoms with van der Waals surface area (Å²) in [5, 5.41) is 28.1. The second-order valence-corrected chi connectivity index (χ2v) is 9.67. The number of nitrogens with two attached hydrogens (primary N) is 2. The Morgan fingerprint density at radius 1 is 0.919 bits per heavy atom. The van der Waals surface area contributed by atoms with E-state index in [2.05, 4.69) is 33.9 Å². The van der Waals surface area contributed by atoms with Crippen LogP contribution in [0.15, 0.2) is 0 Å². The molecule has 5 amide bonds. The molecule has 37 heavy (non-hydrogen) atoms. The third kappa shape index (κ3) is 12.5. The molecule has 0 saturated carbocycles. The maximum absolute atomic E-state index is 12.9. The van der Waals surface area contributed by atoms with E-state index in [1.165, 1.54) is 11.8 Å². The Hall–Kier alpha value is -2.56. The summed E-state index contributed by atoms with van der Waals surface area (Å²) in [6, 6.07) is -6.37. The van der Waals surface area contributed by atoms with Crippen molar-refractivity contribution in [2.75, 3.05) is 24.4 Å². The zero-order valence-corrected chi connectivity index (χ0v) is 22.8. The first kappa shape index (κ1) is 34.4. The van der Waals surface area contributed by atoms with Crippen molar-refractivity contribution in [2.24, 2.45) is 17.4 Å². The SMILES string of the molecule is CC[C@H](C)[C@H](NC(=O)[C@@H](N)CCSC)C(=O)N[C@@H](CO)C(=O)N[C@@H](CS)C(=O)N[C@@H](CC(N)=O)C(=O)O. The Morgan fingerprint density at radius 2 is 1.46 bits per heavy atom. The number of hydrogen-bond acceptors (Lipinski definition) is 10. The molecule has 0 aromatic heterocycles. The number of aliphatic carboxylic acids is 1. The zero-order chi connectivity index (χ0) is 28.7. The number of aliphatic hydroxyl groups is 1. The van der Waals surface area contributed by atoms with Crippen LogP contribution in [-0.4, -0.2) is 100 Å². The van der Waals surface area contributed by atoms with Crippen LogP contribution in [0.1, 0.15) is 33.1 Å². The van der Waals surface area contributed by atoms with Gasteiger partial charge in [-0.15, -0.1) is 0 Å². The van der Waals surface area contributed by atoms with E-state index in [1.54, 1.807) is 13.8 Å². The fourth-order valence-electron chi connectivity index (χ4n) is 2.93. The van der Waals surface area contributed by atoms with Gasteiger partial charge in [0.15, 0.2) is 0 Å². The number of aliphatic hydroxyl groups excluding tert-OH is 1. The van der Waals surface area contributed by atoms with Crippen molar-refractivity contribution < 1.29 is 39.0 Å². The second-order valence-electron chi connectivity index (χ2n) is 8.32. The van der Waals surface area contributed by atoms with Gasteiger partial charge in [-0.1, -0.05) is 20.3 Å². The number of nitrogens with one attached hydrogen (secondary N) is 4. The molecule has 16 heteroatoms. The van der Waals surface area contributed by atoms with Crippen LogP contribution >= 0.6 is 24.4 Å². The first-order valence-corrected chi connectivity index (χ1v) is 13.5. The lowest BCUT2D eigenvalue weighted by Crippen LogP contribution is -2.60. The van der Waals surface area contributed by atoms with Gasteiger partial charge >= 0.3 is 5.97 Å². The van der Waals surface area contributed by atoms with Gasteiger partial charge in [0.05, 0.1) is 19.1 Å². The molecule has 14 nitrogen and oxygen atoms in total. The molecule has 0 saturated heterocycles. The molecule has 0 unspecified atom stereocenters. The third-order valence-corrected chi connectivity index (χ3v) is 6.42. The minimum atomic E-state index is -1.63. The lowest BCUT2D eigenvalue weighted by atomic mass is 9.97. The van der Waals surface area contributed by atoms with Crippen molar-refractivity contribution in [1.29, 1.82) is 0 Å². The monoisotopic (exact) mass is 566 g/mol. The highest BCUT2D eigenvalue weighted by molar-refractivity contribution is 7.98. The normalized spacial score (nSPS) is 15.7. The van der Waals surface area contributed by atoms with E-state index in [0.29, 0.717) is 18.6 Å². The average molecular weight is 567 g/mol. The van der Waals surface area contributed by atoms with Gasteiger partial charge in [0, 0.05) is 5.75 Å². The van der Waals surface area contributed by atoms with Crippen LogP contribution in [-0.2, 0) is 28.8 Å². The Kier molecular flexibility index (Phi) is 16.6. The molecule has 0 rings (SSSR count). The molecule has 0 spiro atoms. The van der Waals surface area contributed by atoms with Crippen molar-refractivity contribution in [3.63, 3.8) is 0 Å². The van der Waals surface area contributed by atoms with Gasteiger partial charge in [-0.3, -0.25) is 24.0 Å². The minimum Gasteiger partial charge on any atom is -0.480 e. The van der Waals surface area contributed by atoms with Gasteiger partial charge in [0.25, 0.3) is 0 Å². The number of carboxylic acids is 1. The Morgan fingerprint density at radius 3 is 1.92 bits per heavy atom. The topological polar surface area (TPSA) is 243 Å². The molecule has 0 aliphatic rings. The number of primary amides is 1. The zero-order valence-electron chi connectivity index (χ0n) is 21.1. The Labute approximate surface area is 225 Å². The molecule has 0 aromatic rings. The summed E-state index contributed by atoms with van der Waals surface area (Å²) in [7, 11) is 0. The van der Waals surface area contributed by atoms with Gasteiger partial charge in [0.2, 0.25) is 29.5 Å². The number of amides is 5. The molecular weight excluding hydrogens is 528 g/mol. The molecule has 0 aromatic carbocycles. The van der Waals surface area contributed by atoms with Crippen molar-refractivity contribution in [3.05, 3.63) is 0 Å². The van der Waals surface area contributed by atoms with Crippen LogP contribution < -0.4 is 32.7 Å². The fraction of sp³-hybridized carbons (Fsp3) is 0.714. The number of rotatable bonds is 18. The summed E-state index contributed by atoms with van der Waals surface area (Å²) >= 11 is 5.49. The smallest absolute Gasteiger partial charge is 0.326 e. The van der Waals surface area contributed by atoms with Crippen molar-refractivity contribution in [3.8, 4) is 0 Å². The summed E-state index contributed by atoms with van der Waals surface area (Å²) < 4.78 is 0. The van der Waals surface area contributed by atoms with Crippen molar-refractivity contribution in [1.82, 2.24) is 21.3 Å². The predicted molar refractivity (Wildman–Crippen MR) is 141 cm³/mol. The van der Waals surface area contributed by atoms with Crippen molar-refractivity contribution in [2.45, 2.75) is 63.3 Å². The first-order chi connectivity index (χ1) is 17.3.